The third-order valence-electron chi connectivity index (χ3n) is 5.77. The Hall–Kier alpha value is -3.89. The number of aromatic nitrogens is 4. The van der Waals surface area contributed by atoms with Gasteiger partial charge in [-0.05, 0) is 32.0 Å². The normalized spacial score (nSPS) is 18.6. The van der Waals surface area contributed by atoms with E-state index in [-0.39, 0.29) is 24.4 Å². The molecule has 1 saturated heterocycles. The average Bonchev–Trinajstić information content (AvgIpc) is 3.42. The van der Waals surface area contributed by atoms with Crippen LogP contribution in [-0.4, -0.2) is 51.5 Å². The standard InChI is InChI=1S/C22H23FN6O4/c1-12(23)16-9-33-22(30)29(16)19-6-7-24-21(27-19)26-13(2)20-17-10-32-18-8-14(31-3)4-5-15(18)28(17)11-25-20/h4-8,11-13,16H,9-10H2,1-3H3,(H,24,26,27)/t12?,13?,16-/m1/s1. The Morgan fingerprint density at radius 2 is 2.09 bits per heavy atom. The highest BCUT2D eigenvalue weighted by molar-refractivity contribution is 5.89. The molecule has 1 N–H and O–H groups in total. The zero-order valence-electron chi connectivity index (χ0n) is 18.4. The summed E-state index contributed by atoms with van der Waals surface area (Å²) in [5.41, 5.74) is 2.56. The fourth-order valence-electron chi connectivity index (χ4n) is 4.03. The number of carbonyl (C=O) groups excluding carboxylic acids is 1. The van der Waals surface area contributed by atoms with Gasteiger partial charge in [-0.1, -0.05) is 0 Å². The molecular formula is C22H23FN6O4. The highest BCUT2D eigenvalue weighted by Gasteiger charge is 2.39. The van der Waals surface area contributed by atoms with Gasteiger partial charge >= 0.3 is 6.09 Å². The first-order valence-corrected chi connectivity index (χ1v) is 10.5. The smallest absolute Gasteiger partial charge is 0.416 e. The van der Waals surface area contributed by atoms with Crippen molar-refractivity contribution in [1.82, 2.24) is 19.5 Å². The maximum Gasteiger partial charge on any atom is 0.416 e. The van der Waals surface area contributed by atoms with Crippen molar-refractivity contribution in [3.05, 3.63) is 48.2 Å². The quantitative estimate of drug-likeness (QED) is 0.604. The molecule has 0 radical (unpaired) electrons. The number of ether oxygens (including phenoxy) is 3. The lowest BCUT2D eigenvalue weighted by Crippen LogP contribution is -2.39. The number of rotatable bonds is 6. The lowest BCUT2D eigenvalue weighted by atomic mass is 10.1. The molecular weight excluding hydrogens is 431 g/mol. The summed E-state index contributed by atoms with van der Waals surface area (Å²) in [4.78, 5) is 26.6. The van der Waals surface area contributed by atoms with Gasteiger partial charge in [-0.25, -0.2) is 19.2 Å². The number of benzene rings is 1. The van der Waals surface area contributed by atoms with Crippen molar-refractivity contribution >= 4 is 17.9 Å². The molecule has 2 unspecified atom stereocenters. The topological polar surface area (TPSA) is 104 Å². The molecule has 4 heterocycles. The van der Waals surface area contributed by atoms with Crippen LogP contribution in [0.2, 0.25) is 0 Å². The van der Waals surface area contributed by atoms with Gasteiger partial charge in [0.1, 0.15) is 49.1 Å². The van der Waals surface area contributed by atoms with Crippen LogP contribution in [0.5, 0.6) is 11.5 Å². The van der Waals surface area contributed by atoms with Gasteiger partial charge in [0, 0.05) is 12.3 Å². The summed E-state index contributed by atoms with van der Waals surface area (Å²) in [5.74, 6) is 2.00. The molecule has 1 amide bonds. The molecule has 2 aliphatic rings. The molecule has 1 fully saturated rings. The van der Waals surface area contributed by atoms with E-state index in [1.165, 1.54) is 18.0 Å². The van der Waals surface area contributed by atoms with Gasteiger partial charge in [-0.2, -0.15) is 4.98 Å². The molecule has 0 spiro atoms. The molecule has 2 aliphatic heterocycles. The van der Waals surface area contributed by atoms with Crippen molar-refractivity contribution in [1.29, 1.82) is 0 Å². The van der Waals surface area contributed by atoms with E-state index in [0.29, 0.717) is 6.61 Å². The van der Waals surface area contributed by atoms with Crippen LogP contribution in [0.3, 0.4) is 0 Å². The number of nitrogens with zero attached hydrogens (tertiary/aromatic N) is 5. The first-order chi connectivity index (χ1) is 16.0. The lowest BCUT2D eigenvalue weighted by Gasteiger charge is -2.23. The van der Waals surface area contributed by atoms with Gasteiger partial charge in [0.2, 0.25) is 5.95 Å². The summed E-state index contributed by atoms with van der Waals surface area (Å²) < 4.78 is 32.2. The molecule has 11 heteroatoms. The number of hydrogen-bond acceptors (Lipinski definition) is 8. The molecule has 3 aromatic rings. The highest BCUT2D eigenvalue weighted by Crippen LogP contribution is 2.35. The Balaban J connectivity index is 1.38. The first kappa shape index (κ1) is 21.0. The number of carbonyl (C=O) groups is 1. The second-order valence-corrected chi connectivity index (χ2v) is 7.87. The van der Waals surface area contributed by atoms with Crippen molar-refractivity contribution in [3.63, 3.8) is 0 Å². The van der Waals surface area contributed by atoms with Crippen molar-refractivity contribution in [2.24, 2.45) is 0 Å². The van der Waals surface area contributed by atoms with Crippen molar-refractivity contribution in [3.8, 4) is 17.2 Å². The van der Waals surface area contributed by atoms with E-state index < -0.39 is 18.3 Å². The monoisotopic (exact) mass is 454 g/mol. The fourth-order valence-corrected chi connectivity index (χ4v) is 4.03. The minimum absolute atomic E-state index is 0.0200. The van der Waals surface area contributed by atoms with Crippen LogP contribution >= 0.6 is 0 Å². The molecule has 1 aromatic carbocycles. The maximum absolute atomic E-state index is 14.0. The van der Waals surface area contributed by atoms with Crippen LogP contribution in [0.4, 0.5) is 21.0 Å². The summed E-state index contributed by atoms with van der Waals surface area (Å²) in [7, 11) is 1.61. The number of amides is 1. The number of imidazole rings is 1. The van der Waals surface area contributed by atoms with Gasteiger partial charge < -0.3 is 19.5 Å². The molecule has 5 rings (SSSR count). The van der Waals surface area contributed by atoms with Crippen LogP contribution in [0.1, 0.15) is 31.3 Å². The van der Waals surface area contributed by atoms with E-state index >= 15 is 0 Å². The van der Waals surface area contributed by atoms with Crippen LogP contribution in [0, 0.1) is 0 Å². The first-order valence-electron chi connectivity index (χ1n) is 10.5. The zero-order chi connectivity index (χ0) is 23.1. The molecule has 0 aliphatic carbocycles. The number of methoxy groups -OCH3 is 1. The largest absolute Gasteiger partial charge is 0.497 e. The van der Waals surface area contributed by atoms with Gasteiger partial charge in [-0.15, -0.1) is 0 Å². The highest BCUT2D eigenvalue weighted by atomic mass is 19.1. The molecule has 2 aromatic heterocycles. The number of alkyl halides is 1. The molecule has 172 valence electrons. The predicted octanol–water partition coefficient (Wildman–Crippen LogP) is 3.42. The van der Waals surface area contributed by atoms with Gasteiger partial charge in [0.05, 0.1) is 30.2 Å². The average molecular weight is 454 g/mol. The second kappa shape index (κ2) is 8.23. The predicted molar refractivity (Wildman–Crippen MR) is 117 cm³/mol. The summed E-state index contributed by atoms with van der Waals surface area (Å²) in [6, 6.07) is 6.19. The Morgan fingerprint density at radius 3 is 2.88 bits per heavy atom. The van der Waals surface area contributed by atoms with Crippen molar-refractivity contribution < 1.29 is 23.4 Å². The van der Waals surface area contributed by atoms with Crippen LogP contribution in [0.15, 0.2) is 36.8 Å². The summed E-state index contributed by atoms with van der Waals surface area (Å²) in [6.07, 6.45) is 1.37. The number of halogens is 1. The Labute approximate surface area is 189 Å². The third kappa shape index (κ3) is 3.69. The third-order valence-corrected chi connectivity index (χ3v) is 5.77. The minimum Gasteiger partial charge on any atom is -0.497 e. The second-order valence-electron chi connectivity index (χ2n) is 7.87. The maximum atomic E-state index is 14.0. The number of anilines is 2. The van der Waals surface area contributed by atoms with Crippen LogP contribution in [-0.2, 0) is 11.3 Å². The zero-order valence-corrected chi connectivity index (χ0v) is 18.4. The van der Waals surface area contributed by atoms with Crippen molar-refractivity contribution in [2.45, 2.75) is 38.7 Å². The summed E-state index contributed by atoms with van der Waals surface area (Å²) >= 11 is 0. The number of cyclic esters (lactones) is 1. The molecule has 3 atom stereocenters. The van der Waals surface area contributed by atoms with E-state index in [4.69, 9.17) is 14.2 Å². The molecule has 0 bridgehead atoms. The van der Waals surface area contributed by atoms with E-state index in [0.717, 1.165) is 28.6 Å². The fraction of sp³-hybridized carbons (Fsp3) is 0.364. The van der Waals surface area contributed by atoms with Crippen LogP contribution in [0.25, 0.3) is 5.69 Å². The van der Waals surface area contributed by atoms with E-state index in [1.807, 2.05) is 29.7 Å². The SMILES string of the molecule is COc1ccc2c(c1)OCc1c(C(C)Nc3nccc(N4C(=O)OC[C@@H]4C(C)F)n3)ncn1-2. The van der Waals surface area contributed by atoms with E-state index in [1.54, 1.807) is 19.5 Å². The number of nitrogens with one attached hydrogen (secondary N) is 1. The summed E-state index contributed by atoms with van der Waals surface area (Å²) in [5, 5.41) is 3.21. The van der Waals surface area contributed by atoms with Gasteiger partial charge in [-0.3, -0.25) is 9.47 Å². The summed E-state index contributed by atoms with van der Waals surface area (Å²) in [6.45, 7) is 3.64. The Bertz CT molecular complexity index is 1200. The number of hydrogen-bond donors (Lipinski definition) is 1. The van der Waals surface area contributed by atoms with Gasteiger partial charge in [0.25, 0.3) is 0 Å². The van der Waals surface area contributed by atoms with E-state index in [9.17, 15) is 9.18 Å². The number of fused-ring (bicyclic) bond motifs is 3. The molecule has 33 heavy (non-hydrogen) atoms. The van der Waals surface area contributed by atoms with Crippen LogP contribution < -0.4 is 19.7 Å². The van der Waals surface area contributed by atoms with Gasteiger partial charge in [0.15, 0.2) is 0 Å². The van der Waals surface area contributed by atoms with Crippen molar-refractivity contribution in [2.75, 3.05) is 23.9 Å². The Kier molecular flexibility index (Phi) is 5.23. The Morgan fingerprint density at radius 1 is 1.24 bits per heavy atom. The molecule has 10 nitrogen and oxygen atoms in total. The lowest BCUT2D eigenvalue weighted by molar-refractivity contribution is 0.174. The molecule has 0 saturated carbocycles. The minimum atomic E-state index is -1.26. The van der Waals surface area contributed by atoms with E-state index in [2.05, 4.69) is 20.3 Å².